The number of thiophene rings is 1. The first kappa shape index (κ1) is 15.6. The van der Waals surface area contributed by atoms with Crippen LogP contribution in [0, 0.1) is 0 Å². The molecule has 4 heteroatoms. The molecule has 1 aromatic heterocycles. The summed E-state index contributed by atoms with van der Waals surface area (Å²) in [6.45, 7) is 4.36. The molecule has 0 amide bonds. The Bertz CT molecular complexity index is 520. The summed E-state index contributed by atoms with van der Waals surface area (Å²) in [5, 5.41) is 0. The third-order valence-corrected chi connectivity index (χ3v) is 5.41. The van der Waals surface area contributed by atoms with E-state index in [1.807, 2.05) is 23.1 Å². The maximum Gasteiger partial charge on any atom is 0.0508 e. The lowest BCUT2D eigenvalue weighted by Gasteiger charge is -2.16. The van der Waals surface area contributed by atoms with E-state index in [1.165, 1.54) is 20.2 Å². The number of hydrogen-bond donors (Lipinski definition) is 2. The third-order valence-electron chi connectivity index (χ3n) is 3.27. The summed E-state index contributed by atoms with van der Waals surface area (Å²) in [5.41, 5.74) is 4.19. The van der Waals surface area contributed by atoms with Crippen molar-refractivity contribution in [2.24, 2.45) is 5.84 Å². The van der Waals surface area contributed by atoms with Crippen molar-refractivity contribution < 1.29 is 0 Å². The van der Waals surface area contributed by atoms with E-state index >= 15 is 0 Å². The summed E-state index contributed by atoms with van der Waals surface area (Å²) in [6.07, 6.45) is 2.05. The average molecular weight is 306 g/mol. The van der Waals surface area contributed by atoms with Crippen molar-refractivity contribution in [2.45, 2.75) is 37.6 Å². The second-order valence-electron chi connectivity index (χ2n) is 4.65. The van der Waals surface area contributed by atoms with E-state index in [4.69, 9.17) is 5.84 Å². The SMILES string of the molecule is CCSc1ccc(C(Cc2ccc(CC)s2)NN)cc1. The van der Waals surface area contributed by atoms with E-state index in [0.29, 0.717) is 0 Å². The Hall–Kier alpha value is -0.810. The van der Waals surface area contributed by atoms with Crippen LogP contribution in [0.15, 0.2) is 41.3 Å². The fraction of sp³-hybridized carbons (Fsp3) is 0.375. The summed E-state index contributed by atoms with van der Waals surface area (Å²) < 4.78 is 0. The highest BCUT2D eigenvalue weighted by Gasteiger charge is 2.12. The van der Waals surface area contributed by atoms with Gasteiger partial charge in [-0.1, -0.05) is 26.0 Å². The van der Waals surface area contributed by atoms with Crippen LogP contribution in [0.25, 0.3) is 0 Å². The Morgan fingerprint density at radius 1 is 1.10 bits per heavy atom. The fourth-order valence-electron chi connectivity index (χ4n) is 2.16. The topological polar surface area (TPSA) is 38.0 Å². The van der Waals surface area contributed by atoms with Gasteiger partial charge in [-0.2, -0.15) is 0 Å². The van der Waals surface area contributed by atoms with Gasteiger partial charge < -0.3 is 0 Å². The van der Waals surface area contributed by atoms with Gasteiger partial charge in [0.05, 0.1) is 6.04 Å². The van der Waals surface area contributed by atoms with Gasteiger partial charge >= 0.3 is 0 Å². The van der Waals surface area contributed by atoms with Crippen molar-refractivity contribution in [1.82, 2.24) is 5.43 Å². The summed E-state index contributed by atoms with van der Waals surface area (Å²) in [6, 6.07) is 13.3. The zero-order valence-electron chi connectivity index (χ0n) is 12.1. The minimum atomic E-state index is 0.180. The highest BCUT2D eigenvalue weighted by molar-refractivity contribution is 7.99. The Labute approximate surface area is 129 Å². The van der Waals surface area contributed by atoms with Crippen LogP contribution >= 0.6 is 23.1 Å². The maximum atomic E-state index is 5.74. The molecule has 0 aliphatic heterocycles. The molecule has 2 aromatic rings. The van der Waals surface area contributed by atoms with Crippen LogP contribution in [-0.4, -0.2) is 5.75 Å². The molecule has 1 aromatic carbocycles. The van der Waals surface area contributed by atoms with Gasteiger partial charge in [0.2, 0.25) is 0 Å². The molecule has 2 rings (SSSR count). The number of hydrogen-bond acceptors (Lipinski definition) is 4. The minimum absolute atomic E-state index is 0.180. The summed E-state index contributed by atoms with van der Waals surface area (Å²) in [5.74, 6) is 6.84. The number of hydrazine groups is 1. The van der Waals surface area contributed by atoms with Crippen molar-refractivity contribution in [1.29, 1.82) is 0 Å². The number of aryl methyl sites for hydroxylation is 1. The molecule has 0 aliphatic carbocycles. The Kier molecular flexibility index (Phi) is 6.10. The van der Waals surface area contributed by atoms with Crippen LogP contribution in [0.5, 0.6) is 0 Å². The van der Waals surface area contributed by atoms with Gasteiger partial charge in [-0.25, -0.2) is 0 Å². The van der Waals surface area contributed by atoms with Crippen molar-refractivity contribution >= 4 is 23.1 Å². The molecule has 0 saturated heterocycles. The zero-order valence-corrected chi connectivity index (χ0v) is 13.7. The monoisotopic (exact) mass is 306 g/mol. The van der Waals surface area contributed by atoms with Crippen LogP contribution in [0.4, 0.5) is 0 Å². The second kappa shape index (κ2) is 7.84. The van der Waals surface area contributed by atoms with Crippen LogP contribution in [-0.2, 0) is 12.8 Å². The van der Waals surface area contributed by atoms with E-state index in [1.54, 1.807) is 0 Å². The largest absolute Gasteiger partial charge is 0.271 e. The van der Waals surface area contributed by atoms with Gasteiger partial charge in [0.25, 0.3) is 0 Å². The minimum Gasteiger partial charge on any atom is -0.271 e. The number of nitrogens with two attached hydrogens (primary N) is 1. The van der Waals surface area contributed by atoms with Crippen molar-refractivity contribution in [3.8, 4) is 0 Å². The molecule has 3 N–H and O–H groups in total. The molecule has 1 unspecified atom stereocenters. The van der Waals surface area contributed by atoms with Gasteiger partial charge in [-0.05, 0) is 42.0 Å². The molecule has 108 valence electrons. The van der Waals surface area contributed by atoms with Crippen molar-refractivity contribution in [3.05, 3.63) is 51.7 Å². The molecular weight excluding hydrogens is 284 g/mol. The molecule has 0 radical (unpaired) electrons. The molecule has 0 fully saturated rings. The molecule has 0 bridgehead atoms. The number of thioether (sulfide) groups is 1. The molecule has 0 aliphatic rings. The van der Waals surface area contributed by atoms with Crippen LogP contribution in [0.3, 0.4) is 0 Å². The van der Waals surface area contributed by atoms with Gasteiger partial charge in [0, 0.05) is 21.1 Å². The van der Waals surface area contributed by atoms with Gasteiger partial charge in [-0.3, -0.25) is 11.3 Å². The third kappa shape index (κ3) is 4.09. The van der Waals surface area contributed by atoms with Crippen molar-refractivity contribution in [3.63, 3.8) is 0 Å². The lowest BCUT2D eigenvalue weighted by Crippen LogP contribution is -2.29. The molecule has 0 saturated carbocycles. The standard InChI is InChI=1S/C16H22N2S2/c1-3-13-9-10-15(20-13)11-16(18-17)12-5-7-14(8-6-12)19-4-2/h5-10,16,18H,3-4,11,17H2,1-2H3. The first-order valence-corrected chi connectivity index (χ1v) is 8.83. The van der Waals surface area contributed by atoms with Gasteiger partial charge in [-0.15, -0.1) is 23.1 Å². The highest BCUT2D eigenvalue weighted by Crippen LogP contribution is 2.25. The van der Waals surface area contributed by atoms with E-state index in [2.05, 4.69) is 55.7 Å². The Morgan fingerprint density at radius 3 is 2.35 bits per heavy atom. The summed E-state index contributed by atoms with van der Waals surface area (Å²) >= 11 is 3.75. The summed E-state index contributed by atoms with van der Waals surface area (Å²) in [7, 11) is 0. The first-order valence-electron chi connectivity index (χ1n) is 7.03. The quantitative estimate of drug-likeness (QED) is 0.458. The van der Waals surface area contributed by atoms with E-state index in [-0.39, 0.29) is 6.04 Å². The predicted octanol–water partition coefficient (Wildman–Crippen LogP) is 4.17. The molecular formula is C16H22N2S2. The van der Waals surface area contributed by atoms with Gasteiger partial charge in [0.1, 0.15) is 0 Å². The number of rotatable bonds is 7. The lowest BCUT2D eigenvalue weighted by molar-refractivity contribution is 0.555. The van der Waals surface area contributed by atoms with E-state index in [0.717, 1.165) is 18.6 Å². The van der Waals surface area contributed by atoms with Crippen LogP contribution in [0.2, 0.25) is 0 Å². The predicted molar refractivity (Wildman–Crippen MR) is 90.3 cm³/mol. The fourth-order valence-corrected chi connectivity index (χ4v) is 3.82. The number of benzene rings is 1. The van der Waals surface area contributed by atoms with E-state index < -0.39 is 0 Å². The van der Waals surface area contributed by atoms with Gasteiger partial charge in [0.15, 0.2) is 0 Å². The molecule has 1 heterocycles. The Balaban J connectivity index is 2.07. The number of nitrogens with one attached hydrogen (secondary N) is 1. The van der Waals surface area contributed by atoms with Crippen LogP contribution in [0.1, 0.15) is 35.2 Å². The Morgan fingerprint density at radius 2 is 1.80 bits per heavy atom. The molecule has 1 atom stereocenters. The highest BCUT2D eigenvalue weighted by atomic mass is 32.2. The summed E-state index contributed by atoms with van der Waals surface area (Å²) in [4.78, 5) is 4.14. The first-order chi connectivity index (χ1) is 9.76. The lowest BCUT2D eigenvalue weighted by atomic mass is 10.0. The second-order valence-corrected chi connectivity index (χ2v) is 7.24. The normalized spacial score (nSPS) is 12.6. The molecule has 20 heavy (non-hydrogen) atoms. The smallest absolute Gasteiger partial charge is 0.0508 e. The molecule has 0 spiro atoms. The van der Waals surface area contributed by atoms with Crippen LogP contribution < -0.4 is 11.3 Å². The maximum absolute atomic E-state index is 5.74. The average Bonchev–Trinajstić information content (AvgIpc) is 2.94. The van der Waals surface area contributed by atoms with Crippen molar-refractivity contribution in [2.75, 3.05) is 5.75 Å². The van der Waals surface area contributed by atoms with E-state index in [9.17, 15) is 0 Å². The zero-order chi connectivity index (χ0) is 14.4. The molecule has 2 nitrogen and oxygen atoms in total.